The molecule has 4 heteroatoms. The zero-order valence-corrected chi connectivity index (χ0v) is 9.29. The average molecular weight is 225 g/mol. The van der Waals surface area contributed by atoms with E-state index in [1.54, 1.807) is 17.0 Å². The standard InChI is InChI=1S/C11H13ClN2O/c1-7-2-3-8(12)4-10(7)11(15)14-5-9(13)6-14/h2-4,9H,5-6,13H2,1H3. The van der Waals surface area contributed by atoms with Crippen LogP contribution in [0, 0.1) is 6.92 Å². The van der Waals surface area contributed by atoms with Crippen LogP contribution in [-0.2, 0) is 0 Å². The van der Waals surface area contributed by atoms with Crippen LogP contribution in [0.1, 0.15) is 15.9 Å². The van der Waals surface area contributed by atoms with Crippen LogP contribution in [-0.4, -0.2) is 29.9 Å². The average Bonchev–Trinajstić information content (AvgIpc) is 2.16. The second kappa shape index (κ2) is 3.83. The maximum absolute atomic E-state index is 12.0. The summed E-state index contributed by atoms with van der Waals surface area (Å²) < 4.78 is 0. The fraction of sp³-hybridized carbons (Fsp3) is 0.364. The molecule has 1 fully saturated rings. The molecular formula is C11H13ClN2O. The first-order valence-corrected chi connectivity index (χ1v) is 5.26. The molecule has 80 valence electrons. The van der Waals surface area contributed by atoms with Gasteiger partial charge < -0.3 is 10.6 Å². The predicted octanol–water partition coefficient (Wildman–Crippen LogP) is 1.43. The van der Waals surface area contributed by atoms with Crippen LogP contribution in [0.3, 0.4) is 0 Å². The monoisotopic (exact) mass is 224 g/mol. The number of hydrogen-bond acceptors (Lipinski definition) is 2. The van der Waals surface area contributed by atoms with Crippen LogP contribution in [0.2, 0.25) is 5.02 Å². The number of benzene rings is 1. The summed E-state index contributed by atoms with van der Waals surface area (Å²) in [5, 5.41) is 0.591. The van der Waals surface area contributed by atoms with Crippen LogP contribution in [0.4, 0.5) is 0 Å². The number of nitrogens with zero attached hydrogens (tertiary/aromatic N) is 1. The highest BCUT2D eigenvalue weighted by Crippen LogP contribution is 2.19. The van der Waals surface area contributed by atoms with Crippen molar-refractivity contribution in [2.45, 2.75) is 13.0 Å². The van der Waals surface area contributed by atoms with E-state index in [1.807, 2.05) is 13.0 Å². The summed E-state index contributed by atoms with van der Waals surface area (Å²) in [6, 6.07) is 5.49. The molecule has 0 aromatic heterocycles. The van der Waals surface area contributed by atoms with E-state index in [9.17, 15) is 4.79 Å². The SMILES string of the molecule is Cc1ccc(Cl)cc1C(=O)N1CC(N)C1. The fourth-order valence-electron chi connectivity index (χ4n) is 1.67. The van der Waals surface area contributed by atoms with E-state index in [-0.39, 0.29) is 11.9 Å². The van der Waals surface area contributed by atoms with Gasteiger partial charge in [0.1, 0.15) is 0 Å². The highest BCUT2D eigenvalue weighted by Gasteiger charge is 2.28. The molecule has 0 spiro atoms. The molecule has 0 aliphatic carbocycles. The number of amides is 1. The number of halogens is 1. The molecule has 2 rings (SSSR count). The van der Waals surface area contributed by atoms with Gasteiger partial charge in [0.2, 0.25) is 0 Å². The Morgan fingerprint density at radius 3 is 2.80 bits per heavy atom. The highest BCUT2D eigenvalue weighted by atomic mass is 35.5. The lowest BCUT2D eigenvalue weighted by Crippen LogP contribution is -2.57. The van der Waals surface area contributed by atoms with Gasteiger partial charge in [-0.1, -0.05) is 17.7 Å². The van der Waals surface area contributed by atoms with Crippen molar-refractivity contribution in [2.24, 2.45) is 5.73 Å². The van der Waals surface area contributed by atoms with Gasteiger partial charge in [-0.05, 0) is 24.6 Å². The summed E-state index contributed by atoms with van der Waals surface area (Å²) in [5.74, 6) is 0.0247. The highest BCUT2D eigenvalue weighted by molar-refractivity contribution is 6.31. The molecule has 0 unspecified atom stereocenters. The summed E-state index contributed by atoms with van der Waals surface area (Å²) in [5.41, 5.74) is 7.26. The van der Waals surface area contributed by atoms with Crippen molar-refractivity contribution in [3.8, 4) is 0 Å². The lowest BCUT2D eigenvalue weighted by atomic mass is 10.0. The molecule has 2 N–H and O–H groups in total. The Morgan fingerprint density at radius 2 is 2.20 bits per heavy atom. The normalized spacial score (nSPS) is 16.3. The molecule has 1 saturated heterocycles. The van der Waals surface area contributed by atoms with Crippen LogP contribution >= 0.6 is 11.6 Å². The van der Waals surface area contributed by atoms with Gasteiger partial charge in [0.15, 0.2) is 0 Å². The van der Waals surface area contributed by atoms with Gasteiger partial charge in [0.25, 0.3) is 5.91 Å². The van der Waals surface area contributed by atoms with Gasteiger partial charge in [-0.2, -0.15) is 0 Å². The fourth-order valence-corrected chi connectivity index (χ4v) is 1.85. The summed E-state index contributed by atoms with van der Waals surface area (Å²) in [4.78, 5) is 13.7. The molecule has 0 radical (unpaired) electrons. The van der Waals surface area contributed by atoms with Crippen LogP contribution in [0.5, 0.6) is 0 Å². The second-order valence-electron chi connectivity index (χ2n) is 3.93. The van der Waals surface area contributed by atoms with Crippen molar-refractivity contribution in [2.75, 3.05) is 13.1 Å². The topological polar surface area (TPSA) is 46.3 Å². The summed E-state index contributed by atoms with van der Waals surface area (Å²) in [6.45, 7) is 3.19. The van der Waals surface area contributed by atoms with E-state index in [4.69, 9.17) is 17.3 Å². The Morgan fingerprint density at radius 1 is 1.53 bits per heavy atom. The van der Waals surface area contributed by atoms with Crippen LogP contribution in [0.15, 0.2) is 18.2 Å². The van der Waals surface area contributed by atoms with Crippen LogP contribution < -0.4 is 5.73 Å². The predicted molar refractivity (Wildman–Crippen MR) is 60.1 cm³/mol. The Hall–Kier alpha value is -1.06. The van der Waals surface area contributed by atoms with E-state index in [0.29, 0.717) is 23.7 Å². The van der Waals surface area contributed by atoms with E-state index < -0.39 is 0 Å². The number of aryl methyl sites for hydroxylation is 1. The molecule has 1 aromatic rings. The van der Waals surface area contributed by atoms with E-state index in [0.717, 1.165) is 5.56 Å². The summed E-state index contributed by atoms with van der Waals surface area (Å²) >= 11 is 5.86. The minimum atomic E-state index is 0.0247. The number of carbonyl (C=O) groups excluding carboxylic acids is 1. The van der Waals surface area contributed by atoms with Crippen molar-refractivity contribution in [1.82, 2.24) is 4.90 Å². The molecule has 1 aromatic carbocycles. The number of carbonyl (C=O) groups is 1. The Balaban J connectivity index is 2.22. The zero-order valence-electron chi connectivity index (χ0n) is 8.53. The third-order valence-corrected chi connectivity index (χ3v) is 2.86. The Kier molecular flexibility index (Phi) is 2.67. The lowest BCUT2D eigenvalue weighted by molar-refractivity contribution is 0.0607. The van der Waals surface area contributed by atoms with Gasteiger partial charge in [0.05, 0.1) is 0 Å². The first kappa shape index (κ1) is 10.5. The largest absolute Gasteiger partial charge is 0.335 e. The molecule has 0 saturated carbocycles. The minimum Gasteiger partial charge on any atom is -0.335 e. The van der Waals surface area contributed by atoms with Crippen molar-refractivity contribution >= 4 is 17.5 Å². The van der Waals surface area contributed by atoms with Crippen LogP contribution in [0.25, 0.3) is 0 Å². The second-order valence-corrected chi connectivity index (χ2v) is 4.37. The van der Waals surface area contributed by atoms with Gasteiger partial charge >= 0.3 is 0 Å². The van der Waals surface area contributed by atoms with E-state index in [1.165, 1.54) is 0 Å². The summed E-state index contributed by atoms with van der Waals surface area (Å²) in [6.07, 6.45) is 0. The third-order valence-electron chi connectivity index (χ3n) is 2.63. The molecule has 1 amide bonds. The molecule has 15 heavy (non-hydrogen) atoms. The Bertz CT molecular complexity index is 400. The first-order valence-electron chi connectivity index (χ1n) is 4.89. The molecule has 1 aliphatic heterocycles. The van der Waals surface area contributed by atoms with E-state index >= 15 is 0 Å². The number of nitrogens with two attached hydrogens (primary N) is 1. The molecule has 0 atom stereocenters. The van der Waals surface area contributed by atoms with Gasteiger partial charge in [0, 0.05) is 29.7 Å². The quantitative estimate of drug-likeness (QED) is 0.785. The van der Waals surface area contributed by atoms with Gasteiger partial charge in [-0.3, -0.25) is 4.79 Å². The van der Waals surface area contributed by atoms with E-state index in [2.05, 4.69) is 0 Å². The first-order chi connectivity index (χ1) is 7.08. The third kappa shape index (κ3) is 1.98. The van der Waals surface area contributed by atoms with Crippen molar-refractivity contribution in [3.63, 3.8) is 0 Å². The summed E-state index contributed by atoms with van der Waals surface area (Å²) in [7, 11) is 0. The smallest absolute Gasteiger partial charge is 0.254 e. The maximum Gasteiger partial charge on any atom is 0.254 e. The molecule has 3 nitrogen and oxygen atoms in total. The van der Waals surface area contributed by atoms with Gasteiger partial charge in [-0.25, -0.2) is 0 Å². The molecular weight excluding hydrogens is 212 g/mol. The molecule has 0 bridgehead atoms. The van der Waals surface area contributed by atoms with Crippen molar-refractivity contribution < 1.29 is 4.79 Å². The maximum atomic E-state index is 12.0. The number of likely N-dealkylation sites (tertiary alicyclic amines) is 1. The molecule has 1 heterocycles. The number of rotatable bonds is 1. The van der Waals surface area contributed by atoms with Crippen molar-refractivity contribution in [3.05, 3.63) is 34.3 Å². The lowest BCUT2D eigenvalue weighted by Gasteiger charge is -2.37. The van der Waals surface area contributed by atoms with Gasteiger partial charge in [-0.15, -0.1) is 0 Å². The Labute approximate surface area is 93.8 Å². The zero-order chi connectivity index (χ0) is 11.0. The van der Waals surface area contributed by atoms with Crippen molar-refractivity contribution in [1.29, 1.82) is 0 Å². The minimum absolute atomic E-state index is 0.0247. The number of hydrogen-bond donors (Lipinski definition) is 1. The molecule has 1 aliphatic rings.